The number of phosphoric ester groups is 1. The second-order valence-electron chi connectivity index (χ2n) is 14.8. The highest BCUT2D eigenvalue weighted by atomic mass is 31.2. The summed E-state index contributed by atoms with van der Waals surface area (Å²) in [6, 6.07) is 0. The van der Waals surface area contributed by atoms with E-state index in [1.807, 2.05) is 0 Å². The molecule has 57 heavy (non-hydrogen) atoms. The summed E-state index contributed by atoms with van der Waals surface area (Å²) in [4.78, 5) is 35.6. The van der Waals surface area contributed by atoms with Gasteiger partial charge in [0.2, 0.25) is 0 Å². The topological polar surface area (TPSA) is 210 Å². The Morgan fingerprint density at radius 2 is 1.00 bits per heavy atom. The Balaban J connectivity index is 2.53. The number of aliphatic hydroxyl groups excluding tert-OH is 5. The number of rotatable bonds is 34. The summed E-state index contributed by atoms with van der Waals surface area (Å²) in [5.41, 5.74) is 0. The van der Waals surface area contributed by atoms with E-state index in [1.54, 1.807) is 0 Å². The number of unbranched alkanes of at least 4 members (excludes halogenated alkanes) is 14. The summed E-state index contributed by atoms with van der Waals surface area (Å²) in [7, 11) is -5.12. The number of ether oxygens (including phenoxy) is 2. The van der Waals surface area contributed by atoms with Crippen LogP contribution in [0.5, 0.6) is 0 Å². The van der Waals surface area contributed by atoms with Gasteiger partial charge in [0.1, 0.15) is 43.2 Å². The van der Waals surface area contributed by atoms with Crippen LogP contribution in [0.25, 0.3) is 0 Å². The summed E-state index contributed by atoms with van der Waals surface area (Å²) in [6.45, 7) is 3.13. The lowest BCUT2D eigenvalue weighted by molar-refractivity contribution is -0.220. The van der Waals surface area contributed by atoms with Crippen LogP contribution in [0.15, 0.2) is 48.6 Å². The van der Waals surface area contributed by atoms with E-state index in [0.29, 0.717) is 12.8 Å². The van der Waals surface area contributed by atoms with Gasteiger partial charge in [-0.3, -0.25) is 18.6 Å². The van der Waals surface area contributed by atoms with Crippen LogP contribution in [-0.4, -0.2) is 98.3 Å². The maximum Gasteiger partial charge on any atom is 0.472 e. The van der Waals surface area contributed by atoms with Crippen molar-refractivity contribution < 1.29 is 63.1 Å². The molecule has 1 aliphatic carbocycles. The highest BCUT2D eigenvalue weighted by Crippen LogP contribution is 2.47. The van der Waals surface area contributed by atoms with Gasteiger partial charge < -0.3 is 39.9 Å². The highest BCUT2D eigenvalue weighted by molar-refractivity contribution is 7.47. The molecule has 0 amide bonds. The van der Waals surface area contributed by atoms with Crippen molar-refractivity contribution in [2.75, 3.05) is 13.2 Å². The normalized spacial score (nSPS) is 23.2. The lowest BCUT2D eigenvalue weighted by atomic mass is 9.85. The third kappa shape index (κ3) is 26.5. The summed E-state index contributed by atoms with van der Waals surface area (Å²) in [5.74, 6) is -1.15. The van der Waals surface area contributed by atoms with Crippen molar-refractivity contribution in [2.24, 2.45) is 0 Å². The van der Waals surface area contributed by atoms with Gasteiger partial charge in [-0.25, -0.2) is 4.57 Å². The van der Waals surface area contributed by atoms with Gasteiger partial charge in [-0.1, -0.05) is 140 Å². The van der Waals surface area contributed by atoms with Crippen molar-refractivity contribution in [3.8, 4) is 0 Å². The number of hydrogen-bond donors (Lipinski definition) is 6. The fourth-order valence-corrected chi connectivity index (χ4v) is 7.19. The third-order valence-corrected chi connectivity index (χ3v) is 10.7. The Bertz CT molecular complexity index is 1190. The van der Waals surface area contributed by atoms with Gasteiger partial charge in [0.25, 0.3) is 0 Å². The van der Waals surface area contributed by atoms with E-state index in [4.69, 9.17) is 18.5 Å². The first-order chi connectivity index (χ1) is 27.4. The fourth-order valence-electron chi connectivity index (χ4n) is 6.22. The van der Waals surface area contributed by atoms with E-state index in [9.17, 15) is 44.6 Å². The number of hydrogen-bond acceptors (Lipinski definition) is 12. The molecule has 0 aromatic carbocycles. The van der Waals surface area contributed by atoms with E-state index in [1.165, 1.54) is 51.4 Å². The van der Waals surface area contributed by atoms with Crippen LogP contribution in [0.4, 0.5) is 0 Å². The zero-order valence-electron chi connectivity index (χ0n) is 34.6. The number of allylic oxidation sites excluding steroid dienone is 8. The van der Waals surface area contributed by atoms with Gasteiger partial charge in [-0.05, 0) is 51.4 Å². The Morgan fingerprint density at radius 3 is 1.53 bits per heavy atom. The van der Waals surface area contributed by atoms with E-state index in [-0.39, 0.29) is 12.8 Å². The van der Waals surface area contributed by atoms with Crippen LogP contribution in [0, 0.1) is 0 Å². The van der Waals surface area contributed by atoms with Gasteiger partial charge in [0, 0.05) is 12.8 Å². The smallest absolute Gasteiger partial charge is 0.462 e. The second-order valence-corrected chi connectivity index (χ2v) is 16.2. The molecule has 0 heterocycles. The molecule has 1 rings (SSSR count). The summed E-state index contributed by atoms with van der Waals surface area (Å²) >= 11 is 0. The number of phosphoric acid groups is 1. The summed E-state index contributed by atoms with van der Waals surface area (Å²) < 4.78 is 33.4. The first kappa shape index (κ1) is 52.8. The first-order valence-corrected chi connectivity index (χ1v) is 22.9. The minimum Gasteiger partial charge on any atom is -0.462 e. The molecule has 0 bridgehead atoms. The number of carbonyl (C=O) groups is 2. The highest BCUT2D eigenvalue weighted by Gasteiger charge is 2.51. The molecule has 0 aromatic heterocycles. The summed E-state index contributed by atoms with van der Waals surface area (Å²) in [5, 5.41) is 50.0. The van der Waals surface area contributed by atoms with Gasteiger partial charge >= 0.3 is 19.8 Å². The molecule has 0 aromatic rings. The van der Waals surface area contributed by atoms with Crippen molar-refractivity contribution >= 4 is 19.8 Å². The molecule has 330 valence electrons. The number of aliphatic hydroxyl groups is 5. The molecule has 14 heteroatoms. The van der Waals surface area contributed by atoms with Crippen LogP contribution in [0.1, 0.15) is 155 Å². The molecule has 1 aliphatic rings. The molecule has 1 saturated carbocycles. The zero-order chi connectivity index (χ0) is 42.2. The van der Waals surface area contributed by atoms with Gasteiger partial charge in [0.15, 0.2) is 6.10 Å². The lowest BCUT2D eigenvalue weighted by Crippen LogP contribution is -2.64. The van der Waals surface area contributed by atoms with Crippen molar-refractivity contribution in [3.63, 3.8) is 0 Å². The van der Waals surface area contributed by atoms with Crippen LogP contribution in [0.3, 0.4) is 0 Å². The Labute approximate surface area is 341 Å². The molecule has 8 atom stereocenters. The molecule has 0 aliphatic heterocycles. The number of carbonyl (C=O) groups excluding carboxylic acids is 2. The standard InChI is InChI=1S/C43H75O13P/c1-3-5-7-9-11-13-15-17-18-20-21-23-25-27-29-31-36(44)53-33-35(34-54-57(51,52)56-43-41(49)39(47)38(46)40(48)42(43)50)55-37(45)32-30-28-26-24-22-19-16-14-12-10-8-6-4-2/h5,7,11,13,17-18,21,23,35,38-43,46-50H,3-4,6,8-10,12,14-16,19-20,22,24-34H2,1-2H3,(H,51,52)/b7-5-,13-11-,18-17-,23-21-/t35-,38?,39-,40?,41?,42?,43?/m1/s1. The molecular formula is C43H75O13P. The first-order valence-electron chi connectivity index (χ1n) is 21.4. The average Bonchev–Trinajstić information content (AvgIpc) is 3.19. The zero-order valence-corrected chi connectivity index (χ0v) is 35.5. The Hall–Kier alpha value is -2.19. The van der Waals surface area contributed by atoms with E-state index in [0.717, 1.165) is 64.2 Å². The SMILES string of the molecule is CC/C=C\C/C=C\C/C=C\C/C=C\CCCCC(=O)OC[C@H](COP(=O)(O)OC1C(O)C(O)C(O)[C@@H](O)C1O)OC(=O)CCCCCCCCCCCCCCC. The third-order valence-electron chi connectivity index (χ3n) is 9.68. The predicted molar refractivity (Wildman–Crippen MR) is 221 cm³/mol. The van der Waals surface area contributed by atoms with E-state index < -0.39 is 75.7 Å². The van der Waals surface area contributed by atoms with E-state index >= 15 is 0 Å². The van der Waals surface area contributed by atoms with Crippen molar-refractivity contribution in [3.05, 3.63) is 48.6 Å². The molecule has 13 nitrogen and oxygen atoms in total. The molecule has 0 spiro atoms. The van der Waals surface area contributed by atoms with Crippen LogP contribution < -0.4 is 0 Å². The minimum absolute atomic E-state index is 0.0886. The maximum absolute atomic E-state index is 12.8. The van der Waals surface area contributed by atoms with Crippen LogP contribution >= 0.6 is 7.82 Å². The molecule has 1 fully saturated rings. The number of esters is 2. The quantitative estimate of drug-likeness (QED) is 0.0160. The van der Waals surface area contributed by atoms with Gasteiger partial charge in [-0.2, -0.15) is 0 Å². The van der Waals surface area contributed by atoms with Crippen molar-refractivity contribution in [2.45, 2.75) is 198 Å². The predicted octanol–water partition coefficient (Wildman–Crippen LogP) is 7.61. The fraction of sp³-hybridized carbons (Fsp3) is 0.767. The molecular weight excluding hydrogens is 755 g/mol. The molecule has 0 radical (unpaired) electrons. The van der Waals surface area contributed by atoms with E-state index in [2.05, 4.69) is 62.5 Å². The Kier molecular flexibility index (Phi) is 31.2. The average molecular weight is 831 g/mol. The van der Waals surface area contributed by atoms with Crippen LogP contribution in [0.2, 0.25) is 0 Å². The molecule has 6 unspecified atom stereocenters. The van der Waals surface area contributed by atoms with Gasteiger partial charge in [0.05, 0.1) is 6.61 Å². The minimum atomic E-state index is -5.12. The second kappa shape index (κ2) is 33.6. The van der Waals surface area contributed by atoms with Gasteiger partial charge in [-0.15, -0.1) is 0 Å². The molecule has 0 saturated heterocycles. The monoisotopic (exact) mass is 830 g/mol. The van der Waals surface area contributed by atoms with Crippen molar-refractivity contribution in [1.82, 2.24) is 0 Å². The maximum atomic E-state index is 12.8. The molecule has 6 N–H and O–H groups in total. The largest absolute Gasteiger partial charge is 0.472 e. The Morgan fingerprint density at radius 1 is 0.561 bits per heavy atom. The lowest BCUT2D eigenvalue weighted by Gasteiger charge is -2.41. The van der Waals surface area contributed by atoms with Crippen LogP contribution in [-0.2, 0) is 32.7 Å². The van der Waals surface area contributed by atoms with Crippen molar-refractivity contribution in [1.29, 1.82) is 0 Å². The summed E-state index contributed by atoms with van der Waals surface area (Å²) in [6.07, 6.45) is 24.6.